The molecule has 0 spiro atoms. The van der Waals surface area contributed by atoms with E-state index >= 15 is 0 Å². The van der Waals surface area contributed by atoms with E-state index in [1.165, 1.54) is 20.3 Å². The SMILES string of the molecule is C=CC(=O)C[C@H]1COC[C@H]1Nc1cc2c(NC(=O)C3CCCO3)nc(-c3c(Cl)c(OC)cc(OC)c3Cl)nc2cn1. The van der Waals surface area contributed by atoms with Crippen LogP contribution in [0.1, 0.15) is 19.3 Å². The molecule has 2 aromatic heterocycles. The van der Waals surface area contributed by atoms with Crippen molar-refractivity contribution in [2.45, 2.75) is 31.4 Å². The van der Waals surface area contributed by atoms with Crippen LogP contribution in [0.5, 0.6) is 11.5 Å². The lowest BCUT2D eigenvalue weighted by atomic mass is 9.97. The molecule has 1 amide bonds. The molecule has 3 atom stereocenters. The van der Waals surface area contributed by atoms with Gasteiger partial charge in [-0.15, -0.1) is 0 Å². The van der Waals surface area contributed by atoms with Gasteiger partial charge in [-0.1, -0.05) is 29.8 Å². The number of amides is 1. The fraction of sp³-hybridized carbons (Fsp3) is 0.393. The normalized spacial score (nSPS) is 20.1. The Bertz CT molecular complexity index is 1470. The van der Waals surface area contributed by atoms with Crippen molar-refractivity contribution >= 4 is 57.4 Å². The fourth-order valence-electron chi connectivity index (χ4n) is 4.87. The standard InChI is InChI=1S/C28H29Cl2N5O6/c1-4-15(36)8-14-12-40-13-18(14)32-22-9-16-17(11-31-22)33-27(34-26(16)35-28(37)19-6-5-7-41-19)23-24(29)20(38-2)10-21(39-3)25(23)30/h4,9-11,14,18-19H,1,5-8,12-13H2,2-3H3,(H,31,32)(H,33,34,35,37)/t14-,18+,19?/m0/s1. The van der Waals surface area contributed by atoms with Crippen LogP contribution in [-0.2, 0) is 19.1 Å². The molecule has 1 unspecified atom stereocenters. The number of halogens is 2. The highest BCUT2D eigenvalue weighted by Gasteiger charge is 2.30. The first-order valence-corrected chi connectivity index (χ1v) is 13.8. The van der Waals surface area contributed by atoms with E-state index in [1.54, 1.807) is 18.3 Å². The fourth-order valence-corrected chi connectivity index (χ4v) is 5.54. The van der Waals surface area contributed by atoms with Gasteiger partial charge in [-0.25, -0.2) is 15.0 Å². The number of fused-ring (bicyclic) bond motifs is 1. The van der Waals surface area contributed by atoms with Gasteiger partial charge in [-0.05, 0) is 25.0 Å². The minimum absolute atomic E-state index is 0.0392. The molecular formula is C28H29Cl2N5O6. The van der Waals surface area contributed by atoms with E-state index < -0.39 is 6.10 Å². The zero-order chi connectivity index (χ0) is 29.1. The molecule has 216 valence electrons. The number of allylic oxidation sites excluding steroid dienone is 1. The molecule has 0 bridgehead atoms. The van der Waals surface area contributed by atoms with Gasteiger partial charge < -0.3 is 29.6 Å². The Morgan fingerprint density at radius 2 is 1.90 bits per heavy atom. The number of ketones is 1. The van der Waals surface area contributed by atoms with Gasteiger partial charge in [0.25, 0.3) is 5.91 Å². The van der Waals surface area contributed by atoms with Crippen LogP contribution in [0.4, 0.5) is 11.6 Å². The van der Waals surface area contributed by atoms with E-state index in [-0.39, 0.29) is 50.9 Å². The number of rotatable bonds is 10. The highest BCUT2D eigenvalue weighted by molar-refractivity contribution is 6.41. The van der Waals surface area contributed by atoms with Crippen LogP contribution in [0, 0.1) is 5.92 Å². The lowest BCUT2D eigenvalue weighted by Crippen LogP contribution is -2.29. The number of nitrogens with zero attached hydrogens (tertiary/aromatic N) is 3. The first kappa shape index (κ1) is 29.0. The summed E-state index contributed by atoms with van der Waals surface area (Å²) in [6.07, 6.45) is 4.00. The van der Waals surface area contributed by atoms with Gasteiger partial charge in [0, 0.05) is 30.4 Å². The van der Waals surface area contributed by atoms with E-state index in [0.717, 1.165) is 6.42 Å². The van der Waals surface area contributed by atoms with Crippen molar-refractivity contribution in [1.82, 2.24) is 15.0 Å². The first-order chi connectivity index (χ1) is 19.8. The summed E-state index contributed by atoms with van der Waals surface area (Å²) < 4.78 is 22.0. The number of nitrogens with one attached hydrogen (secondary N) is 2. The average molecular weight is 602 g/mol. The van der Waals surface area contributed by atoms with Crippen molar-refractivity contribution in [2.75, 3.05) is 44.7 Å². The van der Waals surface area contributed by atoms with E-state index in [9.17, 15) is 9.59 Å². The summed E-state index contributed by atoms with van der Waals surface area (Å²) in [4.78, 5) is 38.9. The highest BCUT2D eigenvalue weighted by atomic mass is 35.5. The summed E-state index contributed by atoms with van der Waals surface area (Å²) >= 11 is 13.3. The number of benzene rings is 1. The Morgan fingerprint density at radius 3 is 2.56 bits per heavy atom. The number of carbonyl (C=O) groups excluding carboxylic acids is 2. The molecule has 0 aliphatic carbocycles. The smallest absolute Gasteiger partial charge is 0.254 e. The minimum atomic E-state index is -0.592. The van der Waals surface area contributed by atoms with Crippen molar-refractivity contribution in [1.29, 1.82) is 0 Å². The molecule has 2 N–H and O–H groups in total. The Morgan fingerprint density at radius 1 is 1.15 bits per heavy atom. The molecule has 5 rings (SSSR count). The van der Waals surface area contributed by atoms with Crippen molar-refractivity contribution in [2.24, 2.45) is 5.92 Å². The van der Waals surface area contributed by atoms with Gasteiger partial charge in [0.1, 0.15) is 29.2 Å². The molecule has 11 nitrogen and oxygen atoms in total. The Balaban J connectivity index is 1.57. The second-order valence-corrected chi connectivity index (χ2v) is 10.4. The predicted molar refractivity (Wildman–Crippen MR) is 155 cm³/mol. The van der Waals surface area contributed by atoms with Gasteiger partial charge in [0.2, 0.25) is 0 Å². The number of methoxy groups -OCH3 is 2. The zero-order valence-electron chi connectivity index (χ0n) is 22.5. The van der Waals surface area contributed by atoms with Gasteiger partial charge in [0.15, 0.2) is 11.6 Å². The van der Waals surface area contributed by atoms with E-state index in [0.29, 0.717) is 60.9 Å². The number of anilines is 2. The summed E-state index contributed by atoms with van der Waals surface area (Å²) in [5, 5.41) is 7.14. The van der Waals surface area contributed by atoms with Crippen molar-refractivity contribution in [3.63, 3.8) is 0 Å². The quantitative estimate of drug-likeness (QED) is 0.315. The lowest BCUT2D eigenvalue weighted by molar-refractivity contribution is -0.124. The third kappa shape index (κ3) is 6.08. The number of hydrogen-bond donors (Lipinski definition) is 2. The molecular weight excluding hydrogens is 573 g/mol. The molecule has 2 saturated heterocycles. The van der Waals surface area contributed by atoms with Crippen LogP contribution in [0.25, 0.3) is 22.3 Å². The average Bonchev–Trinajstić information content (AvgIpc) is 3.66. The zero-order valence-corrected chi connectivity index (χ0v) is 24.1. The van der Waals surface area contributed by atoms with Gasteiger partial charge in [-0.3, -0.25) is 9.59 Å². The summed E-state index contributed by atoms with van der Waals surface area (Å²) in [5.74, 6) is 1.09. The Hall–Kier alpha value is -3.51. The monoisotopic (exact) mass is 601 g/mol. The highest BCUT2D eigenvalue weighted by Crippen LogP contribution is 2.45. The summed E-state index contributed by atoms with van der Waals surface area (Å²) in [5.41, 5.74) is 0.706. The lowest BCUT2D eigenvalue weighted by Gasteiger charge is -2.19. The van der Waals surface area contributed by atoms with Gasteiger partial charge in [-0.2, -0.15) is 0 Å². The van der Waals surface area contributed by atoms with Crippen molar-refractivity contribution < 1.29 is 28.5 Å². The van der Waals surface area contributed by atoms with Crippen molar-refractivity contribution in [3.05, 3.63) is 41.0 Å². The molecule has 4 heterocycles. The van der Waals surface area contributed by atoms with Crippen LogP contribution in [0.2, 0.25) is 10.0 Å². The molecule has 1 aromatic carbocycles. The predicted octanol–water partition coefficient (Wildman–Crippen LogP) is 4.71. The summed E-state index contributed by atoms with van der Waals surface area (Å²) in [6, 6.07) is 3.16. The van der Waals surface area contributed by atoms with Crippen LogP contribution in [0.15, 0.2) is 31.0 Å². The van der Waals surface area contributed by atoms with E-state index in [2.05, 4.69) is 32.2 Å². The molecule has 13 heteroatoms. The molecule has 0 radical (unpaired) electrons. The second-order valence-electron chi connectivity index (χ2n) is 9.68. The number of hydrogen-bond acceptors (Lipinski definition) is 10. The molecule has 2 fully saturated rings. The van der Waals surface area contributed by atoms with E-state index in [1.807, 2.05) is 0 Å². The number of aromatic nitrogens is 3. The first-order valence-electron chi connectivity index (χ1n) is 13.0. The molecule has 2 aliphatic rings. The molecule has 3 aromatic rings. The number of pyridine rings is 1. The third-order valence-electron chi connectivity index (χ3n) is 7.07. The number of carbonyl (C=O) groups is 2. The summed E-state index contributed by atoms with van der Waals surface area (Å²) in [6.45, 7) is 4.94. The largest absolute Gasteiger partial charge is 0.495 e. The Labute approximate surface area is 246 Å². The van der Waals surface area contributed by atoms with E-state index in [4.69, 9.17) is 42.1 Å². The number of ether oxygens (including phenoxy) is 4. The van der Waals surface area contributed by atoms with Crippen LogP contribution < -0.4 is 20.1 Å². The van der Waals surface area contributed by atoms with Gasteiger partial charge in [0.05, 0.1) is 60.8 Å². The maximum atomic E-state index is 13.1. The third-order valence-corrected chi connectivity index (χ3v) is 7.82. The second kappa shape index (κ2) is 12.6. The maximum absolute atomic E-state index is 13.1. The topological polar surface area (TPSA) is 134 Å². The van der Waals surface area contributed by atoms with Crippen LogP contribution in [0.3, 0.4) is 0 Å². The summed E-state index contributed by atoms with van der Waals surface area (Å²) in [7, 11) is 2.94. The maximum Gasteiger partial charge on any atom is 0.254 e. The minimum Gasteiger partial charge on any atom is -0.495 e. The van der Waals surface area contributed by atoms with Gasteiger partial charge >= 0.3 is 0 Å². The molecule has 41 heavy (non-hydrogen) atoms. The van der Waals surface area contributed by atoms with Crippen molar-refractivity contribution in [3.8, 4) is 22.9 Å². The van der Waals surface area contributed by atoms with Crippen LogP contribution in [-0.4, -0.2) is 72.8 Å². The van der Waals surface area contributed by atoms with Crippen LogP contribution >= 0.6 is 23.2 Å². The molecule has 0 saturated carbocycles. The molecule has 2 aliphatic heterocycles. The Kier molecular flexibility index (Phi) is 8.88.